The molecule has 1 atom stereocenters. The van der Waals surface area contributed by atoms with E-state index in [9.17, 15) is 14.9 Å². The van der Waals surface area contributed by atoms with Crippen LogP contribution in [-0.2, 0) is 9.63 Å². The number of hydrogen-bond acceptors (Lipinski definition) is 5. The molecule has 28 heavy (non-hydrogen) atoms. The highest BCUT2D eigenvalue weighted by Crippen LogP contribution is 2.20. The van der Waals surface area contributed by atoms with Gasteiger partial charge in [0.25, 0.3) is 11.6 Å². The minimum atomic E-state index is -0.486. The largest absolute Gasteiger partial charge is 0.386 e. The van der Waals surface area contributed by atoms with Crippen molar-refractivity contribution in [1.29, 1.82) is 0 Å². The Hall–Kier alpha value is -3.74. The smallest absolute Gasteiger partial charge is 0.270 e. The number of nitrogens with one attached hydrogen (secondary N) is 1. The van der Waals surface area contributed by atoms with Gasteiger partial charge < -0.3 is 10.2 Å². The normalized spacial score (nSPS) is 12.0. The van der Waals surface area contributed by atoms with E-state index in [2.05, 4.69) is 10.5 Å². The van der Waals surface area contributed by atoms with Crippen LogP contribution in [0.1, 0.15) is 24.1 Å². The minimum absolute atomic E-state index is 0.0362. The Labute approximate surface area is 161 Å². The standard InChI is InChI=1S/C21H19N3O4/c1-15(18-10-9-17-6-2-3-7-19(17)12-18)23-21(25)14-28-22-13-16-5-4-8-20(11-16)24(26)27/h2-13,15H,14H2,1H3,(H,23,25)/b22-13-/t15-/m1/s1. The number of non-ortho nitro benzene ring substituents is 1. The average Bonchev–Trinajstić information content (AvgIpc) is 2.71. The molecule has 0 saturated heterocycles. The Morgan fingerprint density at radius 3 is 2.71 bits per heavy atom. The molecule has 142 valence electrons. The third-order valence-electron chi connectivity index (χ3n) is 4.20. The van der Waals surface area contributed by atoms with Gasteiger partial charge in [0.2, 0.25) is 0 Å². The molecule has 3 rings (SSSR count). The van der Waals surface area contributed by atoms with E-state index in [1.807, 2.05) is 49.4 Å². The molecule has 0 unspecified atom stereocenters. The third-order valence-corrected chi connectivity index (χ3v) is 4.20. The van der Waals surface area contributed by atoms with Gasteiger partial charge >= 0.3 is 0 Å². The van der Waals surface area contributed by atoms with Gasteiger partial charge in [0.05, 0.1) is 17.2 Å². The monoisotopic (exact) mass is 377 g/mol. The van der Waals surface area contributed by atoms with E-state index in [0.717, 1.165) is 16.3 Å². The lowest BCUT2D eigenvalue weighted by atomic mass is 10.0. The number of nitrogens with zero attached hydrogens (tertiary/aromatic N) is 2. The number of nitro groups is 1. The van der Waals surface area contributed by atoms with Crippen molar-refractivity contribution in [2.24, 2.45) is 5.16 Å². The van der Waals surface area contributed by atoms with Gasteiger partial charge in [-0.05, 0) is 29.3 Å². The first-order valence-electron chi connectivity index (χ1n) is 8.71. The number of rotatable bonds is 7. The van der Waals surface area contributed by atoms with Crippen LogP contribution in [0.5, 0.6) is 0 Å². The quantitative estimate of drug-likeness (QED) is 0.383. The van der Waals surface area contributed by atoms with E-state index in [4.69, 9.17) is 4.84 Å². The highest BCUT2D eigenvalue weighted by molar-refractivity contribution is 5.84. The molecule has 0 aliphatic rings. The highest BCUT2D eigenvalue weighted by atomic mass is 16.6. The van der Waals surface area contributed by atoms with Crippen molar-refractivity contribution in [2.45, 2.75) is 13.0 Å². The van der Waals surface area contributed by atoms with Crippen LogP contribution in [0.4, 0.5) is 5.69 Å². The molecule has 0 fully saturated rings. The molecule has 7 nitrogen and oxygen atoms in total. The van der Waals surface area contributed by atoms with E-state index in [1.54, 1.807) is 12.1 Å². The number of amides is 1. The summed E-state index contributed by atoms with van der Waals surface area (Å²) < 4.78 is 0. The van der Waals surface area contributed by atoms with Gasteiger partial charge in [-0.15, -0.1) is 0 Å². The molecule has 0 aliphatic heterocycles. The number of hydrogen-bond donors (Lipinski definition) is 1. The maximum Gasteiger partial charge on any atom is 0.270 e. The van der Waals surface area contributed by atoms with Gasteiger partial charge in [-0.2, -0.15) is 0 Å². The summed E-state index contributed by atoms with van der Waals surface area (Å²) in [6.07, 6.45) is 1.33. The number of fused-ring (bicyclic) bond motifs is 1. The summed E-state index contributed by atoms with van der Waals surface area (Å²) in [5.74, 6) is -0.308. The molecule has 1 amide bonds. The molecule has 1 N–H and O–H groups in total. The van der Waals surface area contributed by atoms with Crippen molar-refractivity contribution in [3.05, 3.63) is 88.0 Å². The first-order chi connectivity index (χ1) is 13.5. The van der Waals surface area contributed by atoms with Crippen molar-refractivity contribution < 1.29 is 14.6 Å². The first kappa shape index (κ1) is 19.0. The zero-order valence-electron chi connectivity index (χ0n) is 15.2. The number of nitro benzene ring substituents is 1. The SMILES string of the molecule is C[C@@H](NC(=O)CO/N=C\c1cccc([N+](=O)[O-])c1)c1ccc2ccccc2c1. The first-order valence-corrected chi connectivity index (χ1v) is 8.71. The molecule has 0 bridgehead atoms. The fourth-order valence-electron chi connectivity index (χ4n) is 2.76. The number of benzene rings is 3. The summed E-state index contributed by atoms with van der Waals surface area (Å²) in [5, 5.41) is 19.5. The average molecular weight is 377 g/mol. The predicted octanol–water partition coefficient (Wildman–Crippen LogP) is 3.98. The van der Waals surface area contributed by atoms with Crippen LogP contribution in [0.3, 0.4) is 0 Å². The molecule has 7 heteroatoms. The van der Waals surface area contributed by atoms with Gasteiger partial charge in [0.1, 0.15) is 0 Å². The molecule has 0 aromatic heterocycles. The second-order valence-corrected chi connectivity index (χ2v) is 6.26. The Morgan fingerprint density at radius 1 is 1.14 bits per heavy atom. The van der Waals surface area contributed by atoms with Crippen molar-refractivity contribution in [3.63, 3.8) is 0 Å². The van der Waals surface area contributed by atoms with Crippen LogP contribution < -0.4 is 5.32 Å². The molecule has 0 saturated carbocycles. The van der Waals surface area contributed by atoms with E-state index in [-0.39, 0.29) is 24.2 Å². The molecule has 0 radical (unpaired) electrons. The van der Waals surface area contributed by atoms with Gasteiger partial charge in [-0.3, -0.25) is 14.9 Å². The van der Waals surface area contributed by atoms with Crippen LogP contribution >= 0.6 is 0 Å². The summed E-state index contributed by atoms with van der Waals surface area (Å²) >= 11 is 0. The van der Waals surface area contributed by atoms with Crippen LogP contribution in [0.15, 0.2) is 71.9 Å². The maximum absolute atomic E-state index is 12.0. The second-order valence-electron chi connectivity index (χ2n) is 6.26. The lowest BCUT2D eigenvalue weighted by Gasteiger charge is -2.14. The zero-order chi connectivity index (χ0) is 19.9. The van der Waals surface area contributed by atoms with Crippen molar-refractivity contribution in [1.82, 2.24) is 5.32 Å². The summed E-state index contributed by atoms with van der Waals surface area (Å²) in [4.78, 5) is 27.3. The molecule has 0 aliphatic carbocycles. The Morgan fingerprint density at radius 2 is 1.93 bits per heavy atom. The fourth-order valence-corrected chi connectivity index (χ4v) is 2.76. The van der Waals surface area contributed by atoms with E-state index in [1.165, 1.54) is 18.3 Å². The second kappa shape index (κ2) is 8.77. The fraction of sp³-hybridized carbons (Fsp3) is 0.143. The molecule has 3 aromatic carbocycles. The van der Waals surface area contributed by atoms with Crippen LogP contribution in [0.2, 0.25) is 0 Å². The van der Waals surface area contributed by atoms with Crippen molar-refractivity contribution in [3.8, 4) is 0 Å². The van der Waals surface area contributed by atoms with Crippen molar-refractivity contribution >= 4 is 28.6 Å². The van der Waals surface area contributed by atoms with Crippen LogP contribution in [0, 0.1) is 10.1 Å². The summed E-state index contributed by atoms with van der Waals surface area (Å²) in [6, 6.07) is 19.9. The number of carbonyl (C=O) groups excluding carboxylic acids is 1. The number of carbonyl (C=O) groups is 1. The zero-order valence-corrected chi connectivity index (χ0v) is 15.2. The number of oxime groups is 1. The Bertz CT molecular complexity index is 1030. The summed E-state index contributed by atoms with van der Waals surface area (Å²) in [5.41, 5.74) is 1.47. The van der Waals surface area contributed by atoms with Crippen molar-refractivity contribution in [2.75, 3.05) is 6.61 Å². The molecule has 0 spiro atoms. The van der Waals surface area contributed by atoms with Gasteiger partial charge in [-0.1, -0.05) is 53.7 Å². The van der Waals surface area contributed by atoms with Crippen LogP contribution in [0.25, 0.3) is 10.8 Å². The Balaban J connectivity index is 1.52. The third kappa shape index (κ3) is 4.91. The Kier molecular flexibility index (Phi) is 5.96. The molecular weight excluding hydrogens is 358 g/mol. The van der Waals surface area contributed by atoms with E-state index < -0.39 is 4.92 Å². The molecular formula is C21H19N3O4. The molecule has 3 aromatic rings. The van der Waals surface area contributed by atoms with Gasteiger partial charge in [0.15, 0.2) is 6.61 Å². The maximum atomic E-state index is 12.0. The predicted molar refractivity (Wildman–Crippen MR) is 107 cm³/mol. The van der Waals surface area contributed by atoms with Gasteiger partial charge in [0, 0.05) is 17.7 Å². The lowest BCUT2D eigenvalue weighted by molar-refractivity contribution is -0.384. The highest BCUT2D eigenvalue weighted by Gasteiger charge is 2.10. The lowest BCUT2D eigenvalue weighted by Crippen LogP contribution is -2.29. The molecule has 0 heterocycles. The van der Waals surface area contributed by atoms with E-state index in [0.29, 0.717) is 5.56 Å². The summed E-state index contributed by atoms with van der Waals surface area (Å²) in [6.45, 7) is 1.65. The topological polar surface area (TPSA) is 93.8 Å². The van der Waals surface area contributed by atoms with Gasteiger partial charge in [-0.25, -0.2) is 0 Å². The summed E-state index contributed by atoms with van der Waals surface area (Å²) in [7, 11) is 0. The minimum Gasteiger partial charge on any atom is -0.386 e. The van der Waals surface area contributed by atoms with Crippen LogP contribution in [-0.4, -0.2) is 23.7 Å². The van der Waals surface area contributed by atoms with E-state index >= 15 is 0 Å².